The van der Waals surface area contributed by atoms with Gasteiger partial charge in [-0.1, -0.05) is 13.0 Å². The van der Waals surface area contributed by atoms with E-state index in [0.717, 1.165) is 6.07 Å². The Labute approximate surface area is 141 Å². The van der Waals surface area contributed by atoms with E-state index < -0.39 is 45.7 Å². The maximum absolute atomic E-state index is 12.8. The van der Waals surface area contributed by atoms with Gasteiger partial charge in [-0.25, -0.2) is 4.79 Å². The predicted molar refractivity (Wildman–Crippen MR) is 78.8 cm³/mol. The summed E-state index contributed by atoms with van der Waals surface area (Å²) in [6, 6.07) is 3.69. The Morgan fingerprint density at radius 3 is 2.36 bits per heavy atom. The Morgan fingerprint density at radius 2 is 1.88 bits per heavy atom. The third-order valence-electron chi connectivity index (χ3n) is 2.85. The van der Waals surface area contributed by atoms with Gasteiger partial charge >= 0.3 is 18.1 Å². The minimum atomic E-state index is -5.23. The first-order valence-corrected chi connectivity index (χ1v) is 8.48. The minimum absolute atomic E-state index is 0.0453. The van der Waals surface area contributed by atoms with Gasteiger partial charge in [-0.15, -0.1) is 0 Å². The topological polar surface area (TPSA) is 107 Å². The number of carbonyl (C=O) groups excluding carboxylic acids is 2. The van der Waals surface area contributed by atoms with Gasteiger partial charge in [0.25, 0.3) is 10.1 Å². The highest BCUT2D eigenvalue weighted by molar-refractivity contribution is 7.85. The molecular weight excluding hydrogens is 369 g/mol. The molecule has 0 spiro atoms. The van der Waals surface area contributed by atoms with Crippen LogP contribution in [0.2, 0.25) is 0 Å². The smallest absolute Gasteiger partial charge is 0.426 e. The Kier molecular flexibility index (Phi) is 6.54. The van der Waals surface area contributed by atoms with Gasteiger partial charge in [-0.3, -0.25) is 9.35 Å². The molecule has 0 saturated carbocycles. The van der Waals surface area contributed by atoms with E-state index in [9.17, 15) is 31.2 Å². The van der Waals surface area contributed by atoms with Crippen LogP contribution >= 0.6 is 0 Å². The second-order valence-corrected chi connectivity index (χ2v) is 6.51. The Morgan fingerprint density at radius 1 is 1.28 bits per heavy atom. The van der Waals surface area contributed by atoms with Gasteiger partial charge in [0, 0.05) is 6.42 Å². The molecule has 0 heterocycles. The van der Waals surface area contributed by atoms with E-state index in [-0.39, 0.29) is 12.2 Å². The highest BCUT2D eigenvalue weighted by Crippen LogP contribution is 2.27. The molecule has 0 amide bonds. The van der Waals surface area contributed by atoms with Crippen molar-refractivity contribution < 1.29 is 45.2 Å². The van der Waals surface area contributed by atoms with Crippen molar-refractivity contribution >= 4 is 22.1 Å². The molecule has 1 rings (SSSR count). The normalized spacial score (nSPS) is 13.2. The van der Waals surface area contributed by atoms with Crippen LogP contribution in [0.3, 0.4) is 0 Å². The van der Waals surface area contributed by atoms with Gasteiger partial charge < -0.3 is 9.47 Å². The van der Waals surface area contributed by atoms with E-state index in [4.69, 9.17) is 9.29 Å². The first-order chi connectivity index (χ1) is 11.3. The molecule has 11 heteroatoms. The number of alkyl halides is 3. The van der Waals surface area contributed by atoms with Crippen molar-refractivity contribution in [3.05, 3.63) is 29.3 Å². The molecule has 0 radical (unpaired) electrons. The third kappa shape index (κ3) is 6.70. The molecule has 1 aromatic carbocycles. The first-order valence-electron chi connectivity index (χ1n) is 6.87. The number of esters is 2. The van der Waals surface area contributed by atoms with Crippen molar-refractivity contribution in [3.63, 3.8) is 0 Å². The molecule has 0 saturated heterocycles. The molecule has 0 aromatic heterocycles. The molecule has 0 aliphatic carbocycles. The average Bonchev–Trinajstić information content (AvgIpc) is 2.44. The molecule has 7 nitrogen and oxygen atoms in total. The second-order valence-electron chi connectivity index (χ2n) is 5.01. The summed E-state index contributed by atoms with van der Waals surface area (Å²) in [4.78, 5) is 23.4. The van der Waals surface area contributed by atoms with Gasteiger partial charge in [0.1, 0.15) is 17.1 Å². The lowest BCUT2D eigenvalue weighted by molar-refractivity contribution is -0.197. The molecule has 1 N–H and O–H groups in total. The van der Waals surface area contributed by atoms with Gasteiger partial charge in [-0.2, -0.15) is 21.6 Å². The van der Waals surface area contributed by atoms with E-state index in [1.54, 1.807) is 6.92 Å². The number of rotatable bonds is 6. The summed E-state index contributed by atoms with van der Waals surface area (Å²) < 4.78 is 77.5. The lowest BCUT2D eigenvalue weighted by atomic mass is 10.1. The van der Waals surface area contributed by atoms with Crippen molar-refractivity contribution in [2.45, 2.75) is 32.5 Å². The molecule has 140 valence electrons. The van der Waals surface area contributed by atoms with Gasteiger partial charge in [-0.05, 0) is 24.6 Å². The molecule has 1 aromatic rings. The van der Waals surface area contributed by atoms with Crippen LogP contribution in [0.1, 0.15) is 29.3 Å². The van der Waals surface area contributed by atoms with Crippen LogP contribution < -0.4 is 4.74 Å². The number of hydrogen-bond acceptors (Lipinski definition) is 6. The number of hydrogen-bond donors (Lipinski definition) is 1. The van der Waals surface area contributed by atoms with Crippen molar-refractivity contribution in [1.29, 1.82) is 0 Å². The molecule has 1 atom stereocenters. The summed E-state index contributed by atoms with van der Waals surface area (Å²) in [7, 11) is -5.06. The van der Waals surface area contributed by atoms with Crippen LogP contribution in [0, 0.1) is 6.92 Å². The number of carbonyl (C=O) groups is 2. The first kappa shape index (κ1) is 20.9. The maximum Gasteiger partial charge on any atom is 0.426 e. The fourth-order valence-corrected chi connectivity index (χ4v) is 2.30. The summed E-state index contributed by atoms with van der Waals surface area (Å²) in [6.07, 6.45) is -8.35. The summed E-state index contributed by atoms with van der Waals surface area (Å²) >= 11 is 0. The molecular formula is C14H15F3O7S. The zero-order chi connectivity index (χ0) is 19.4. The van der Waals surface area contributed by atoms with Crippen molar-refractivity contribution in [3.8, 4) is 5.75 Å². The lowest BCUT2D eigenvalue weighted by Crippen LogP contribution is -2.39. The van der Waals surface area contributed by atoms with Crippen LogP contribution in [0.25, 0.3) is 0 Å². The van der Waals surface area contributed by atoms with Crippen molar-refractivity contribution in [2.24, 2.45) is 0 Å². The predicted octanol–water partition coefficient (Wildman–Crippen LogP) is 2.29. The van der Waals surface area contributed by atoms with Crippen LogP contribution in [0.5, 0.6) is 5.75 Å². The van der Waals surface area contributed by atoms with Gasteiger partial charge in [0.15, 0.2) is 0 Å². The quantitative estimate of drug-likeness (QED) is 0.455. The highest BCUT2D eigenvalue weighted by Gasteiger charge is 2.45. The second kappa shape index (κ2) is 7.83. The molecule has 0 bridgehead atoms. The summed E-state index contributed by atoms with van der Waals surface area (Å²) in [6.45, 7) is 3.07. The van der Waals surface area contributed by atoms with Crippen molar-refractivity contribution in [1.82, 2.24) is 0 Å². The summed E-state index contributed by atoms with van der Waals surface area (Å²) in [5.74, 6) is -4.45. The highest BCUT2D eigenvalue weighted by atomic mass is 32.2. The van der Waals surface area contributed by atoms with Crippen LogP contribution in [-0.4, -0.2) is 42.9 Å². The summed E-state index contributed by atoms with van der Waals surface area (Å²) in [5.41, 5.74) is 0.0674. The fraction of sp³-hybridized carbons (Fsp3) is 0.429. The number of halogens is 3. The molecule has 0 aliphatic heterocycles. The number of benzene rings is 1. The van der Waals surface area contributed by atoms with Gasteiger partial charge in [0.2, 0.25) is 6.10 Å². The zero-order valence-corrected chi connectivity index (χ0v) is 14.0. The molecule has 25 heavy (non-hydrogen) atoms. The van der Waals surface area contributed by atoms with E-state index in [1.807, 2.05) is 0 Å². The van der Waals surface area contributed by atoms with Crippen LogP contribution in [-0.2, 0) is 19.6 Å². The van der Waals surface area contributed by atoms with Crippen LogP contribution in [0.4, 0.5) is 13.2 Å². The zero-order valence-electron chi connectivity index (χ0n) is 13.2. The van der Waals surface area contributed by atoms with E-state index in [2.05, 4.69) is 4.74 Å². The van der Waals surface area contributed by atoms with Crippen LogP contribution in [0.15, 0.2) is 18.2 Å². The van der Waals surface area contributed by atoms with E-state index >= 15 is 0 Å². The largest absolute Gasteiger partial charge is 0.448 e. The van der Waals surface area contributed by atoms with E-state index in [0.29, 0.717) is 5.56 Å². The Bertz CT molecular complexity index is 756. The minimum Gasteiger partial charge on any atom is -0.448 e. The monoisotopic (exact) mass is 384 g/mol. The summed E-state index contributed by atoms with van der Waals surface area (Å²) in [5, 5.41) is 0. The maximum atomic E-state index is 12.8. The van der Waals surface area contributed by atoms with E-state index in [1.165, 1.54) is 19.1 Å². The number of aryl methyl sites for hydroxylation is 1. The number of ether oxygens (including phenoxy) is 2. The average molecular weight is 384 g/mol. The molecule has 0 fully saturated rings. The SMILES string of the molecule is CCC(=O)Oc1cc(C)ccc1C(=O)OC(CS(=O)(=O)O)C(F)(F)F. The molecule has 0 aliphatic rings. The Balaban J connectivity index is 3.14. The van der Waals surface area contributed by atoms with Crippen molar-refractivity contribution in [2.75, 3.05) is 5.75 Å². The standard InChI is InChI=1S/C14H15F3O7S/c1-3-12(18)23-10-6-8(2)4-5-9(10)13(19)24-11(14(15,16)17)7-25(20,21)22/h4-6,11H,3,7H2,1-2H3,(H,20,21,22). The van der Waals surface area contributed by atoms with Gasteiger partial charge in [0.05, 0.1) is 0 Å². The molecule has 1 unspecified atom stereocenters. The fourth-order valence-electron chi connectivity index (χ4n) is 1.66. The third-order valence-corrected chi connectivity index (χ3v) is 3.57. The lowest BCUT2D eigenvalue weighted by Gasteiger charge is -2.20. The Hall–Kier alpha value is -2.14.